The Labute approximate surface area is 165 Å². The lowest BCUT2D eigenvalue weighted by molar-refractivity contribution is -0.137. The van der Waals surface area contributed by atoms with Gasteiger partial charge in [-0.2, -0.15) is 13.2 Å². The number of halogens is 4. The number of carbonyl (C=O) groups excluding carboxylic acids is 1. The molecular weight excluding hydrogens is 391 g/mol. The molecule has 146 valence electrons. The Morgan fingerprint density at radius 3 is 2.54 bits per heavy atom. The number of aryl methyl sites for hydroxylation is 1. The van der Waals surface area contributed by atoms with E-state index in [9.17, 15) is 18.0 Å². The highest BCUT2D eigenvalue weighted by Gasteiger charge is 2.30. The summed E-state index contributed by atoms with van der Waals surface area (Å²) in [6, 6.07) is 11.1. The summed E-state index contributed by atoms with van der Waals surface area (Å²) >= 11 is 5.94. The lowest BCUT2D eigenvalue weighted by atomic mass is 10.0. The number of rotatable bonds is 5. The monoisotopic (exact) mass is 407 g/mol. The third-order valence-corrected chi connectivity index (χ3v) is 4.50. The first-order valence-electron chi connectivity index (χ1n) is 8.42. The average molecular weight is 408 g/mol. The molecule has 0 aliphatic carbocycles. The van der Waals surface area contributed by atoms with Gasteiger partial charge in [0.05, 0.1) is 12.0 Å². The van der Waals surface area contributed by atoms with E-state index in [1.54, 1.807) is 48.3 Å². The van der Waals surface area contributed by atoms with Crippen LogP contribution in [-0.2, 0) is 24.4 Å². The molecule has 0 fully saturated rings. The number of carbonyl (C=O) groups is 1. The van der Waals surface area contributed by atoms with Gasteiger partial charge in [0.2, 0.25) is 5.91 Å². The average Bonchev–Trinajstić information content (AvgIpc) is 3.06. The molecule has 28 heavy (non-hydrogen) atoms. The van der Waals surface area contributed by atoms with E-state index < -0.39 is 23.7 Å². The van der Waals surface area contributed by atoms with Gasteiger partial charge >= 0.3 is 6.18 Å². The van der Waals surface area contributed by atoms with Crippen LogP contribution in [0.4, 0.5) is 13.2 Å². The molecule has 0 radical (unpaired) electrons. The number of hydrogen-bond donors (Lipinski definition) is 1. The van der Waals surface area contributed by atoms with Crippen molar-refractivity contribution in [3.63, 3.8) is 0 Å². The van der Waals surface area contributed by atoms with Gasteiger partial charge in [0.1, 0.15) is 11.9 Å². The van der Waals surface area contributed by atoms with Crippen LogP contribution in [0.25, 0.3) is 0 Å². The van der Waals surface area contributed by atoms with Gasteiger partial charge in [-0.15, -0.1) is 0 Å². The summed E-state index contributed by atoms with van der Waals surface area (Å²) in [4.78, 5) is 16.9. The Kier molecular flexibility index (Phi) is 5.74. The molecule has 1 N–H and O–H groups in total. The lowest BCUT2D eigenvalue weighted by Gasteiger charge is -2.19. The maximum Gasteiger partial charge on any atom is 0.416 e. The van der Waals surface area contributed by atoms with Crippen molar-refractivity contribution in [2.75, 3.05) is 0 Å². The smallest absolute Gasteiger partial charge is 0.342 e. The first-order valence-corrected chi connectivity index (χ1v) is 8.80. The Hall–Kier alpha value is -2.80. The molecule has 0 aliphatic rings. The minimum atomic E-state index is -4.45. The summed E-state index contributed by atoms with van der Waals surface area (Å²) in [5.41, 5.74) is 0.259. The highest BCUT2D eigenvalue weighted by atomic mass is 35.5. The van der Waals surface area contributed by atoms with Crippen molar-refractivity contribution >= 4 is 17.5 Å². The molecule has 0 saturated heterocycles. The number of nitrogens with zero attached hydrogens (tertiary/aromatic N) is 2. The Morgan fingerprint density at radius 2 is 1.93 bits per heavy atom. The maximum atomic E-state index is 12.9. The van der Waals surface area contributed by atoms with Crippen LogP contribution in [0.1, 0.15) is 28.6 Å². The first kappa shape index (κ1) is 19.9. The van der Waals surface area contributed by atoms with Gasteiger partial charge in [0, 0.05) is 24.5 Å². The van der Waals surface area contributed by atoms with Crippen molar-refractivity contribution < 1.29 is 18.0 Å². The molecule has 3 aromatic rings. The molecule has 1 aromatic heterocycles. The third-order valence-electron chi connectivity index (χ3n) is 4.24. The van der Waals surface area contributed by atoms with E-state index in [-0.39, 0.29) is 12.0 Å². The minimum absolute atomic E-state index is 0.182. The molecule has 0 spiro atoms. The fraction of sp³-hybridized carbons (Fsp3) is 0.200. The highest BCUT2D eigenvalue weighted by molar-refractivity contribution is 6.30. The van der Waals surface area contributed by atoms with Crippen molar-refractivity contribution in [1.82, 2.24) is 14.9 Å². The Morgan fingerprint density at radius 1 is 1.21 bits per heavy atom. The van der Waals surface area contributed by atoms with Crippen LogP contribution >= 0.6 is 11.6 Å². The predicted molar refractivity (Wildman–Crippen MR) is 99.8 cm³/mol. The number of nitrogens with one attached hydrogen (secondary N) is 1. The molecule has 1 unspecified atom stereocenters. The Bertz CT molecular complexity index is 967. The van der Waals surface area contributed by atoms with Gasteiger partial charge in [-0.1, -0.05) is 41.9 Å². The summed E-state index contributed by atoms with van der Waals surface area (Å²) in [6.45, 7) is 0. The second-order valence-electron chi connectivity index (χ2n) is 6.32. The molecule has 3 rings (SSSR count). The zero-order valence-electron chi connectivity index (χ0n) is 14.9. The molecule has 2 aromatic carbocycles. The van der Waals surface area contributed by atoms with Gasteiger partial charge in [-0.3, -0.25) is 4.79 Å². The number of benzene rings is 2. The number of hydrogen-bond acceptors (Lipinski definition) is 2. The SMILES string of the molecule is Cn1ccnc1C(NC(=O)Cc1cccc(C(F)(F)F)c1)c1ccc(Cl)cc1. The van der Waals surface area contributed by atoms with Crippen LogP contribution in [0, 0.1) is 0 Å². The van der Waals surface area contributed by atoms with E-state index in [2.05, 4.69) is 10.3 Å². The van der Waals surface area contributed by atoms with E-state index in [4.69, 9.17) is 11.6 Å². The molecule has 1 atom stereocenters. The normalized spacial score (nSPS) is 12.6. The largest absolute Gasteiger partial charge is 0.416 e. The summed E-state index contributed by atoms with van der Waals surface area (Å²) < 4.78 is 40.4. The van der Waals surface area contributed by atoms with E-state index in [0.29, 0.717) is 10.8 Å². The summed E-state index contributed by atoms with van der Waals surface area (Å²) in [5, 5.41) is 3.41. The second-order valence-corrected chi connectivity index (χ2v) is 6.76. The van der Waals surface area contributed by atoms with Crippen LogP contribution in [0.2, 0.25) is 5.02 Å². The van der Waals surface area contributed by atoms with Crippen LogP contribution in [0.5, 0.6) is 0 Å². The zero-order chi connectivity index (χ0) is 20.3. The van der Waals surface area contributed by atoms with Crippen LogP contribution in [0.3, 0.4) is 0 Å². The number of aromatic nitrogens is 2. The van der Waals surface area contributed by atoms with Crippen molar-refractivity contribution in [1.29, 1.82) is 0 Å². The van der Waals surface area contributed by atoms with E-state index in [1.165, 1.54) is 12.1 Å². The van der Waals surface area contributed by atoms with Crippen molar-refractivity contribution in [3.8, 4) is 0 Å². The van der Waals surface area contributed by atoms with Gasteiger partial charge < -0.3 is 9.88 Å². The van der Waals surface area contributed by atoms with Gasteiger partial charge in [0.15, 0.2) is 0 Å². The first-order chi connectivity index (χ1) is 13.2. The van der Waals surface area contributed by atoms with E-state index in [1.807, 2.05) is 0 Å². The maximum absolute atomic E-state index is 12.9. The zero-order valence-corrected chi connectivity index (χ0v) is 15.6. The second kappa shape index (κ2) is 8.06. The topological polar surface area (TPSA) is 46.9 Å². The molecule has 0 saturated carbocycles. The van der Waals surface area contributed by atoms with Gasteiger partial charge in [-0.25, -0.2) is 4.98 Å². The van der Waals surface area contributed by atoms with Crippen LogP contribution in [0.15, 0.2) is 60.9 Å². The van der Waals surface area contributed by atoms with Crippen molar-refractivity contribution in [2.45, 2.75) is 18.6 Å². The highest BCUT2D eigenvalue weighted by Crippen LogP contribution is 2.29. The fourth-order valence-electron chi connectivity index (χ4n) is 2.86. The van der Waals surface area contributed by atoms with Crippen molar-refractivity contribution in [2.24, 2.45) is 7.05 Å². The fourth-order valence-corrected chi connectivity index (χ4v) is 2.99. The third kappa shape index (κ3) is 4.72. The summed E-state index contributed by atoms with van der Waals surface area (Å²) in [6.07, 6.45) is -1.28. The number of imidazole rings is 1. The predicted octanol–water partition coefficient (Wildman–Crippen LogP) is 4.54. The summed E-state index contributed by atoms with van der Waals surface area (Å²) in [5.74, 6) is 0.182. The van der Waals surface area contributed by atoms with Gasteiger partial charge in [-0.05, 0) is 29.3 Å². The quantitative estimate of drug-likeness (QED) is 0.675. The van der Waals surface area contributed by atoms with Crippen molar-refractivity contribution in [3.05, 3.63) is 88.5 Å². The molecular formula is C20H17ClF3N3O. The molecule has 1 amide bonds. The molecule has 0 aliphatic heterocycles. The van der Waals surface area contributed by atoms with E-state index >= 15 is 0 Å². The Balaban J connectivity index is 1.82. The molecule has 0 bridgehead atoms. The molecule has 4 nitrogen and oxygen atoms in total. The summed E-state index contributed by atoms with van der Waals surface area (Å²) in [7, 11) is 1.80. The van der Waals surface area contributed by atoms with E-state index in [0.717, 1.165) is 17.7 Å². The molecule has 8 heteroatoms. The molecule has 1 heterocycles. The van der Waals surface area contributed by atoms with Crippen LogP contribution in [-0.4, -0.2) is 15.5 Å². The number of amides is 1. The number of alkyl halides is 3. The van der Waals surface area contributed by atoms with Gasteiger partial charge in [0.25, 0.3) is 0 Å². The minimum Gasteiger partial charge on any atom is -0.342 e. The lowest BCUT2D eigenvalue weighted by Crippen LogP contribution is -2.32. The standard InChI is InChI=1S/C20H17ClF3N3O/c1-27-10-9-25-19(27)18(14-5-7-16(21)8-6-14)26-17(28)12-13-3-2-4-15(11-13)20(22,23)24/h2-11,18H,12H2,1H3,(H,26,28). The van der Waals surface area contributed by atoms with Crippen LogP contribution < -0.4 is 5.32 Å².